The van der Waals surface area contributed by atoms with Gasteiger partial charge in [0.25, 0.3) is 0 Å². The summed E-state index contributed by atoms with van der Waals surface area (Å²) in [4.78, 5) is 31.0. The van der Waals surface area contributed by atoms with Crippen molar-refractivity contribution in [1.82, 2.24) is 14.7 Å². The van der Waals surface area contributed by atoms with Gasteiger partial charge in [-0.05, 0) is 32.4 Å². The van der Waals surface area contributed by atoms with E-state index in [1.165, 1.54) is 6.07 Å². The molecule has 2 fully saturated rings. The quantitative estimate of drug-likeness (QED) is 0.780. The van der Waals surface area contributed by atoms with E-state index in [4.69, 9.17) is 0 Å². The van der Waals surface area contributed by atoms with Crippen molar-refractivity contribution in [2.24, 2.45) is 5.41 Å². The fourth-order valence-corrected chi connectivity index (χ4v) is 4.14. The molecule has 2 saturated heterocycles. The van der Waals surface area contributed by atoms with E-state index in [1.54, 1.807) is 18.2 Å². The Balaban J connectivity index is 1.55. The lowest BCUT2D eigenvalue weighted by Crippen LogP contribution is -2.41. The van der Waals surface area contributed by atoms with Crippen molar-refractivity contribution in [2.75, 3.05) is 39.8 Å². The van der Waals surface area contributed by atoms with Gasteiger partial charge in [-0.1, -0.05) is 25.1 Å². The highest BCUT2D eigenvalue weighted by Gasteiger charge is 2.51. The van der Waals surface area contributed by atoms with E-state index in [2.05, 4.69) is 6.92 Å². The van der Waals surface area contributed by atoms with Crippen molar-refractivity contribution in [3.8, 4) is 0 Å². The van der Waals surface area contributed by atoms with Crippen molar-refractivity contribution in [2.45, 2.75) is 32.7 Å². The summed E-state index contributed by atoms with van der Waals surface area (Å²) in [6, 6.07) is 6.63. The van der Waals surface area contributed by atoms with Crippen LogP contribution in [-0.4, -0.2) is 66.3 Å². The average Bonchev–Trinajstić information content (AvgIpc) is 3.17. The van der Waals surface area contributed by atoms with Gasteiger partial charge in [0.15, 0.2) is 0 Å². The maximum Gasteiger partial charge on any atom is 0.236 e. The molecule has 0 N–H and O–H groups in total. The number of carbonyl (C=O) groups excluding carboxylic acids is 2. The van der Waals surface area contributed by atoms with Crippen LogP contribution < -0.4 is 0 Å². The molecule has 0 aromatic heterocycles. The molecule has 0 bridgehead atoms. The number of amides is 2. The first-order valence-corrected chi connectivity index (χ1v) is 9.44. The summed E-state index contributed by atoms with van der Waals surface area (Å²) >= 11 is 0. The van der Waals surface area contributed by atoms with E-state index in [1.807, 2.05) is 21.7 Å². The Kier molecular flexibility index (Phi) is 5.61. The van der Waals surface area contributed by atoms with Crippen LogP contribution in [0.3, 0.4) is 0 Å². The molecule has 2 aliphatic rings. The second-order valence-corrected chi connectivity index (χ2v) is 7.65. The van der Waals surface area contributed by atoms with Crippen molar-refractivity contribution in [3.63, 3.8) is 0 Å². The van der Waals surface area contributed by atoms with Crippen molar-refractivity contribution < 1.29 is 14.0 Å². The Morgan fingerprint density at radius 3 is 2.73 bits per heavy atom. The summed E-state index contributed by atoms with van der Waals surface area (Å²) in [6.45, 7) is 5.48. The molecular formula is C20H28FN3O2. The third-order valence-corrected chi connectivity index (χ3v) is 5.60. The number of halogens is 1. The lowest BCUT2D eigenvalue weighted by atomic mass is 9.85. The molecule has 2 heterocycles. The van der Waals surface area contributed by atoms with Crippen molar-refractivity contribution >= 4 is 11.8 Å². The Labute approximate surface area is 154 Å². The second-order valence-electron chi connectivity index (χ2n) is 7.65. The largest absolute Gasteiger partial charge is 0.342 e. The van der Waals surface area contributed by atoms with Crippen LogP contribution >= 0.6 is 0 Å². The van der Waals surface area contributed by atoms with E-state index in [-0.39, 0.29) is 29.6 Å². The first-order chi connectivity index (χ1) is 12.4. The minimum Gasteiger partial charge on any atom is -0.342 e. The van der Waals surface area contributed by atoms with Crippen LogP contribution in [0, 0.1) is 11.2 Å². The minimum atomic E-state index is -0.366. The Bertz CT molecular complexity index is 681. The van der Waals surface area contributed by atoms with Crippen LogP contribution in [0.4, 0.5) is 4.39 Å². The molecule has 0 radical (unpaired) electrons. The first-order valence-electron chi connectivity index (χ1n) is 9.44. The highest BCUT2D eigenvalue weighted by molar-refractivity contribution is 5.87. The zero-order valence-electron chi connectivity index (χ0n) is 15.7. The van der Waals surface area contributed by atoms with Crippen LogP contribution in [0.15, 0.2) is 24.3 Å². The highest BCUT2D eigenvalue weighted by atomic mass is 19.1. The number of rotatable bonds is 6. The number of hydrogen-bond donors (Lipinski definition) is 0. The summed E-state index contributed by atoms with van der Waals surface area (Å²) in [5.74, 6) is -0.0173. The predicted molar refractivity (Wildman–Crippen MR) is 97.9 cm³/mol. The molecule has 1 aromatic carbocycles. The maximum atomic E-state index is 13.8. The molecule has 0 aliphatic carbocycles. The first kappa shape index (κ1) is 18.8. The number of nitrogens with zero attached hydrogens (tertiary/aromatic N) is 3. The molecule has 6 heteroatoms. The predicted octanol–water partition coefficient (Wildman–Crippen LogP) is 2.12. The number of likely N-dealkylation sites (tertiary alicyclic amines) is 2. The number of likely N-dealkylation sites (N-methyl/N-ethyl adjacent to an activating group) is 1. The van der Waals surface area contributed by atoms with Crippen molar-refractivity contribution in [3.05, 3.63) is 35.6 Å². The van der Waals surface area contributed by atoms with Crippen LogP contribution in [0.25, 0.3) is 0 Å². The van der Waals surface area contributed by atoms with E-state index < -0.39 is 0 Å². The zero-order chi connectivity index (χ0) is 18.7. The Hall–Kier alpha value is -1.95. The van der Waals surface area contributed by atoms with Gasteiger partial charge in [0.05, 0.1) is 12.0 Å². The molecule has 0 saturated carbocycles. The molecule has 142 valence electrons. The molecule has 2 aliphatic heterocycles. The molecule has 1 spiro atoms. The van der Waals surface area contributed by atoms with Crippen molar-refractivity contribution in [1.29, 1.82) is 0 Å². The zero-order valence-corrected chi connectivity index (χ0v) is 15.7. The van der Waals surface area contributed by atoms with Gasteiger partial charge >= 0.3 is 0 Å². The Morgan fingerprint density at radius 2 is 2.00 bits per heavy atom. The Morgan fingerprint density at radius 1 is 1.27 bits per heavy atom. The molecule has 26 heavy (non-hydrogen) atoms. The van der Waals surface area contributed by atoms with Gasteiger partial charge in [0.1, 0.15) is 5.82 Å². The monoisotopic (exact) mass is 361 g/mol. The summed E-state index contributed by atoms with van der Waals surface area (Å²) in [5, 5.41) is 0. The van der Waals surface area contributed by atoms with Crippen LogP contribution in [0.5, 0.6) is 0 Å². The molecule has 5 nitrogen and oxygen atoms in total. The summed E-state index contributed by atoms with van der Waals surface area (Å²) in [5.41, 5.74) is 0.219. The van der Waals surface area contributed by atoms with Crippen LogP contribution in [-0.2, 0) is 16.1 Å². The van der Waals surface area contributed by atoms with Gasteiger partial charge in [-0.2, -0.15) is 0 Å². The van der Waals surface area contributed by atoms with E-state index in [0.717, 1.165) is 32.4 Å². The highest BCUT2D eigenvalue weighted by Crippen LogP contribution is 2.40. The smallest absolute Gasteiger partial charge is 0.236 e. The standard InChI is InChI=1S/C20H28FN3O2/c1-3-10-23-11-8-20(19(23)26)9-12-24(15-20)18(25)14-22(2)13-16-6-4-5-7-17(16)21/h4-7H,3,8-15H2,1-2H3. The third-order valence-electron chi connectivity index (χ3n) is 5.60. The van der Waals surface area contributed by atoms with Gasteiger partial charge in [0.2, 0.25) is 11.8 Å². The maximum absolute atomic E-state index is 13.8. The van der Waals surface area contributed by atoms with Crippen LogP contribution in [0.2, 0.25) is 0 Å². The lowest BCUT2D eigenvalue weighted by molar-refractivity contribution is -0.136. The number of benzene rings is 1. The molecule has 1 unspecified atom stereocenters. The number of carbonyl (C=O) groups is 2. The van der Waals surface area contributed by atoms with Gasteiger partial charge in [-0.25, -0.2) is 4.39 Å². The third kappa shape index (κ3) is 3.75. The minimum absolute atomic E-state index is 0.0162. The van der Waals surface area contributed by atoms with E-state index in [9.17, 15) is 14.0 Å². The molecule has 3 rings (SSSR count). The van der Waals surface area contributed by atoms with Gasteiger partial charge in [-0.15, -0.1) is 0 Å². The van der Waals surface area contributed by atoms with Gasteiger partial charge in [-0.3, -0.25) is 14.5 Å². The fourth-order valence-electron chi connectivity index (χ4n) is 4.14. The van der Waals surface area contributed by atoms with E-state index in [0.29, 0.717) is 25.2 Å². The summed E-state index contributed by atoms with van der Waals surface area (Å²) < 4.78 is 13.8. The molecular weight excluding hydrogens is 333 g/mol. The molecule has 1 aromatic rings. The topological polar surface area (TPSA) is 43.9 Å². The molecule has 2 amide bonds. The van der Waals surface area contributed by atoms with Gasteiger partial charge in [0, 0.05) is 38.3 Å². The SMILES string of the molecule is CCCN1CCC2(CCN(C(=O)CN(C)Cc3ccccc3F)C2)C1=O. The average molecular weight is 361 g/mol. The van der Waals surface area contributed by atoms with Gasteiger partial charge < -0.3 is 9.80 Å². The summed E-state index contributed by atoms with van der Waals surface area (Å²) in [7, 11) is 1.82. The number of hydrogen-bond acceptors (Lipinski definition) is 3. The normalized spacial score (nSPS) is 22.8. The summed E-state index contributed by atoms with van der Waals surface area (Å²) in [6.07, 6.45) is 2.57. The lowest BCUT2D eigenvalue weighted by Gasteiger charge is -2.25. The second kappa shape index (κ2) is 7.74. The molecule has 1 atom stereocenters. The van der Waals surface area contributed by atoms with Crippen LogP contribution in [0.1, 0.15) is 31.7 Å². The van der Waals surface area contributed by atoms with E-state index >= 15 is 0 Å². The fraction of sp³-hybridized carbons (Fsp3) is 0.600.